The summed E-state index contributed by atoms with van der Waals surface area (Å²) in [6, 6.07) is 6.80. The summed E-state index contributed by atoms with van der Waals surface area (Å²) in [5, 5.41) is 4.04. The predicted octanol–water partition coefficient (Wildman–Crippen LogP) is 3.35. The molecular weight excluding hydrogens is 353 g/mol. The molecule has 2 aromatic rings. The van der Waals surface area contributed by atoms with Crippen LogP contribution >= 0.6 is 11.8 Å². The number of carbonyl (C=O) groups is 1. The number of rotatable bonds is 5. The quantitative estimate of drug-likeness (QED) is 0.380. The number of aromatic nitrogens is 2. The summed E-state index contributed by atoms with van der Waals surface area (Å²) in [6.07, 6.45) is -3.51. The van der Waals surface area contributed by atoms with Crippen LogP contribution in [0.25, 0.3) is 0 Å². The summed E-state index contributed by atoms with van der Waals surface area (Å²) in [6.45, 7) is 3.64. The summed E-state index contributed by atoms with van der Waals surface area (Å²) >= 11 is 1.12. The van der Waals surface area contributed by atoms with Crippen LogP contribution in [0, 0.1) is 13.8 Å². The van der Waals surface area contributed by atoms with Gasteiger partial charge in [-0.3, -0.25) is 4.79 Å². The summed E-state index contributed by atoms with van der Waals surface area (Å²) in [5.74, 6) is -0.463. The molecule has 0 aliphatic rings. The smallest absolute Gasteiger partial charge is 0.272 e. The first kappa shape index (κ1) is 18.9. The van der Waals surface area contributed by atoms with Gasteiger partial charge in [0, 0.05) is 17.0 Å². The van der Waals surface area contributed by atoms with E-state index < -0.39 is 17.6 Å². The van der Waals surface area contributed by atoms with E-state index in [-0.39, 0.29) is 11.3 Å². The third kappa shape index (κ3) is 5.86. The SMILES string of the molecule is Cc1cc(C)nc(SCC(=O)N/N=C\c2ccccc2C(F)(F)F)n1. The van der Waals surface area contributed by atoms with E-state index in [0.29, 0.717) is 5.16 Å². The molecule has 1 aromatic heterocycles. The van der Waals surface area contributed by atoms with Gasteiger partial charge in [0.1, 0.15) is 0 Å². The highest BCUT2D eigenvalue weighted by atomic mass is 32.2. The number of thioether (sulfide) groups is 1. The fourth-order valence-corrected chi connectivity index (χ4v) is 2.70. The van der Waals surface area contributed by atoms with Crippen molar-refractivity contribution in [3.63, 3.8) is 0 Å². The molecule has 0 bridgehead atoms. The molecule has 9 heteroatoms. The Bertz CT molecular complexity index is 773. The number of aryl methyl sites for hydroxylation is 2. The fourth-order valence-electron chi connectivity index (χ4n) is 1.96. The molecular formula is C16H15F3N4OS. The van der Waals surface area contributed by atoms with E-state index in [1.54, 1.807) is 0 Å². The van der Waals surface area contributed by atoms with Crippen molar-refractivity contribution in [3.05, 3.63) is 52.8 Å². The maximum absolute atomic E-state index is 12.8. The second-order valence-electron chi connectivity index (χ2n) is 5.10. The molecule has 0 unspecified atom stereocenters. The number of carbonyl (C=O) groups excluding carboxylic acids is 1. The van der Waals surface area contributed by atoms with E-state index in [1.807, 2.05) is 19.9 Å². The molecule has 0 spiro atoms. The zero-order chi connectivity index (χ0) is 18.4. The zero-order valence-electron chi connectivity index (χ0n) is 13.5. The Morgan fingerprint density at radius 3 is 2.52 bits per heavy atom. The lowest BCUT2D eigenvalue weighted by molar-refractivity contribution is -0.137. The van der Waals surface area contributed by atoms with Crippen LogP contribution in [-0.4, -0.2) is 27.8 Å². The van der Waals surface area contributed by atoms with E-state index in [1.165, 1.54) is 18.2 Å². The number of nitrogens with one attached hydrogen (secondary N) is 1. The Kier molecular flexibility index (Phi) is 6.13. The first-order valence-electron chi connectivity index (χ1n) is 7.19. The van der Waals surface area contributed by atoms with Gasteiger partial charge in [0.25, 0.3) is 5.91 Å². The van der Waals surface area contributed by atoms with Crippen LogP contribution in [-0.2, 0) is 11.0 Å². The third-order valence-electron chi connectivity index (χ3n) is 2.95. The van der Waals surface area contributed by atoms with Crippen LogP contribution < -0.4 is 5.43 Å². The Morgan fingerprint density at radius 2 is 1.88 bits per heavy atom. The number of halogens is 3. The number of hydrogen-bond donors (Lipinski definition) is 1. The standard InChI is InChI=1S/C16H15F3N4OS/c1-10-7-11(2)22-15(21-10)25-9-14(24)23-20-8-12-5-3-4-6-13(12)16(17,18)19/h3-8H,9H2,1-2H3,(H,23,24)/b20-8-. The van der Waals surface area contributed by atoms with Gasteiger partial charge in [0.2, 0.25) is 0 Å². The van der Waals surface area contributed by atoms with E-state index >= 15 is 0 Å². The Labute approximate surface area is 146 Å². The highest BCUT2D eigenvalue weighted by Gasteiger charge is 2.32. The molecule has 1 amide bonds. The van der Waals surface area contributed by atoms with Gasteiger partial charge in [0.15, 0.2) is 5.16 Å². The van der Waals surface area contributed by atoms with Gasteiger partial charge in [-0.25, -0.2) is 15.4 Å². The molecule has 132 valence electrons. The molecule has 0 fully saturated rings. The minimum atomic E-state index is -4.48. The van der Waals surface area contributed by atoms with Crippen LogP contribution in [0.4, 0.5) is 13.2 Å². The number of hydrogen-bond acceptors (Lipinski definition) is 5. The van der Waals surface area contributed by atoms with Crippen LogP contribution in [0.1, 0.15) is 22.5 Å². The number of hydrazone groups is 1. The molecule has 1 heterocycles. The molecule has 0 saturated heterocycles. The van der Waals surface area contributed by atoms with Crippen LogP contribution in [0.15, 0.2) is 40.6 Å². The Morgan fingerprint density at radius 1 is 1.24 bits per heavy atom. The lowest BCUT2D eigenvalue weighted by Gasteiger charge is -2.09. The maximum Gasteiger partial charge on any atom is 0.417 e. The van der Waals surface area contributed by atoms with Gasteiger partial charge in [0.05, 0.1) is 17.5 Å². The fraction of sp³-hybridized carbons (Fsp3) is 0.250. The van der Waals surface area contributed by atoms with Crippen LogP contribution in [0.3, 0.4) is 0 Å². The predicted molar refractivity (Wildman–Crippen MR) is 89.4 cm³/mol. The molecule has 0 saturated carbocycles. The minimum absolute atomic E-state index is 0.00114. The van der Waals surface area contributed by atoms with E-state index in [9.17, 15) is 18.0 Å². The number of nitrogens with zero attached hydrogens (tertiary/aromatic N) is 3. The number of alkyl halides is 3. The van der Waals surface area contributed by atoms with Gasteiger partial charge in [-0.1, -0.05) is 30.0 Å². The number of benzene rings is 1. The topological polar surface area (TPSA) is 67.2 Å². The molecule has 5 nitrogen and oxygen atoms in total. The summed E-state index contributed by atoms with van der Waals surface area (Å²) < 4.78 is 38.5. The summed E-state index contributed by atoms with van der Waals surface area (Å²) in [7, 11) is 0. The van der Waals surface area contributed by atoms with Crippen molar-refractivity contribution >= 4 is 23.9 Å². The van der Waals surface area contributed by atoms with Crippen LogP contribution in [0.5, 0.6) is 0 Å². The lowest BCUT2D eigenvalue weighted by Crippen LogP contribution is -2.20. The average Bonchev–Trinajstić information content (AvgIpc) is 2.51. The molecule has 1 N–H and O–H groups in total. The normalized spacial score (nSPS) is 11.7. The van der Waals surface area contributed by atoms with Gasteiger partial charge >= 0.3 is 6.18 Å². The van der Waals surface area contributed by atoms with E-state index in [2.05, 4.69) is 20.5 Å². The van der Waals surface area contributed by atoms with Gasteiger partial charge < -0.3 is 0 Å². The van der Waals surface area contributed by atoms with Crippen molar-refractivity contribution < 1.29 is 18.0 Å². The third-order valence-corrected chi connectivity index (χ3v) is 3.80. The zero-order valence-corrected chi connectivity index (χ0v) is 14.3. The number of amides is 1. The molecule has 1 aromatic carbocycles. The second-order valence-corrected chi connectivity index (χ2v) is 6.04. The van der Waals surface area contributed by atoms with Crippen molar-refractivity contribution in [2.75, 3.05) is 5.75 Å². The minimum Gasteiger partial charge on any atom is -0.272 e. The van der Waals surface area contributed by atoms with E-state index in [4.69, 9.17) is 0 Å². The molecule has 25 heavy (non-hydrogen) atoms. The Hall–Kier alpha value is -2.42. The first-order chi connectivity index (χ1) is 11.8. The molecule has 0 aliphatic heterocycles. The van der Waals surface area contributed by atoms with Crippen molar-refractivity contribution in [1.29, 1.82) is 0 Å². The monoisotopic (exact) mass is 368 g/mol. The maximum atomic E-state index is 12.8. The molecule has 2 rings (SSSR count). The highest BCUT2D eigenvalue weighted by Crippen LogP contribution is 2.31. The second kappa shape index (κ2) is 8.11. The first-order valence-corrected chi connectivity index (χ1v) is 8.17. The highest BCUT2D eigenvalue weighted by molar-refractivity contribution is 7.99. The summed E-state index contributed by atoms with van der Waals surface area (Å²) in [5.41, 5.74) is 2.84. The van der Waals surface area contributed by atoms with Crippen molar-refractivity contribution in [2.45, 2.75) is 25.2 Å². The molecule has 0 aliphatic carbocycles. The summed E-state index contributed by atoms with van der Waals surface area (Å²) in [4.78, 5) is 20.1. The van der Waals surface area contributed by atoms with Crippen molar-refractivity contribution in [1.82, 2.24) is 15.4 Å². The van der Waals surface area contributed by atoms with E-state index in [0.717, 1.165) is 35.4 Å². The largest absolute Gasteiger partial charge is 0.417 e. The van der Waals surface area contributed by atoms with Crippen LogP contribution in [0.2, 0.25) is 0 Å². The van der Waals surface area contributed by atoms with Gasteiger partial charge in [-0.15, -0.1) is 0 Å². The average molecular weight is 368 g/mol. The van der Waals surface area contributed by atoms with Crippen molar-refractivity contribution in [2.24, 2.45) is 5.10 Å². The molecule has 0 atom stereocenters. The Balaban J connectivity index is 1.93. The molecule has 0 radical (unpaired) electrons. The van der Waals surface area contributed by atoms with Gasteiger partial charge in [-0.2, -0.15) is 18.3 Å². The lowest BCUT2D eigenvalue weighted by atomic mass is 10.1. The van der Waals surface area contributed by atoms with Gasteiger partial charge in [-0.05, 0) is 26.0 Å². The van der Waals surface area contributed by atoms with Crippen molar-refractivity contribution in [3.8, 4) is 0 Å².